The van der Waals surface area contributed by atoms with E-state index in [1.165, 1.54) is 0 Å². The number of aromatic amines is 2. The lowest BCUT2D eigenvalue weighted by molar-refractivity contribution is -0.183. The lowest BCUT2D eigenvalue weighted by atomic mass is 9.89. The fraction of sp³-hybridized carbons (Fsp3) is 0.389. The van der Waals surface area contributed by atoms with Crippen LogP contribution in [-0.4, -0.2) is 32.2 Å². The van der Waals surface area contributed by atoms with Crippen molar-refractivity contribution in [1.82, 2.24) is 24.8 Å². The molecule has 0 radical (unpaired) electrons. The molecule has 1 fully saturated rings. The van der Waals surface area contributed by atoms with Crippen LogP contribution >= 0.6 is 12.2 Å². The second kappa shape index (κ2) is 7.17. The molecule has 0 unspecified atom stereocenters. The molecule has 1 saturated heterocycles. The van der Waals surface area contributed by atoms with Gasteiger partial charge in [-0.1, -0.05) is 6.07 Å². The number of fused-ring (bicyclic) bond motifs is 1. The van der Waals surface area contributed by atoms with Crippen LogP contribution in [0.15, 0.2) is 35.4 Å². The Morgan fingerprint density at radius 2 is 2.14 bits per heavy atom. The molecule has 1 aliphatic heterocycles. The number of hydrogen-bond acceptors (Lipinski definition) is 4. The lowest BCUT2D eigenvalue weighted by Gasteiger charge is -2.32. The van der Waals surface area contributed by atoms with E-state index in [0.29, 0.717) is 23.3 Å². The highest BCUT2D eigenvalue weighted by atomic mass is 32.1. The van der Waals surface area contributed by atoms with Gasteiger partial charge in [-0.2, -0.15) is 13.2 Å². The molecule has 10 heteroatoms. The molecule has 0 amide bonds. The number of rotatable bonds is 3. The van der Waals surface area contributed by atoms with Crippen LogP contribution in [0.5, 0.6) is 0 Å². The molecular formula is C18H18F3N5OS. The quantitative estimate of drug-likeness (QED) is 0.579. The molecule has 28 heavy (non-hydrogen) atoms. The molecule has 3 N–H and O–H groups in total. The van der Waals surface area contributed by atoms with E-state index in [0.717, 1.165) is 5.56 Å². The summed E-state index contributed by atoms with van der Waals surface area (Å²) in [6.45, 7) is 0.576. The van der Waals surface area contributed by atoms with Gasteiger partial charge in [0, 0.05) is 12.4 Å². The van der Waals surface area contributed by atoms with E-state index < -0.39 is 18.1 Å². The summed E-state index contributed by atoms with van der Waals surface area (Å²) in [6, 6.07) is 4.82. The molecule has 3 aromatic rings. The summed E-state index contributed by atoms with van der Waals surface area (Å²) in [6.07, 6.45) is -0.975. The number of pyridine rings is 1. The third-order valence-electron chi connectivity index (χ3n) is 5.16. The average Bonchev–Trinajstić information content (AvgIpc) is 3.15. The minimum absolute atomic E-state index is 0.0515. The normalized spacial score (nSPS) is 20.5. The van der Waals surface area contributed by atoms with Gasteiger partial charge >= 0.3 is 6.18 Å². The molecule has 4 heterocycles. The van der Waals surface area contributed by atoms with Gasteiger partial charge < -0.3 is 14.9 Å². The first-order valence-corrected chi connectivity index (χ1v) is 9.29. The molecule has 148 valence electrons. The van der Waals surface area contributed by atoms with Crippen LogP contribution in [0.4, 0.5) is 13.2 Å². The van der Waals surface area contributed by atoms with E-state index in [2.05, 4.69) is 20.3 Å². The van der Waals surface area contributed by atoms with E-state index in [1.54, 1.807) is 29.1 Å². The van der Waals surface area contributed by atoms with Crippen molar-refractivity contribution in [2.45, 2.75) is 31.6 Å². The van der Waals surface area contributed by atoms with E-state index in [9.17, 15) is 18.0 Å². The first kappa shape index (κ1) is 18.9. The summed E-state index contributed by atoms with van der Waals surface area (Å²) >= 11 is 5.31. The Hall–Kier alpha value is -2.46. The zero-order valence-electron chi connectivity index (χ0n) is 14.7. The summed E-state index contributed by atoms with van der Waals surface area (Å²) in [5.74, 6) is -1.35. The van der Waals surface area contributed by atoms with Gasteiger partial charge in [0.2, 0.25) is 0 Å². The molecular weight excluding hydrogens is 391 g/mol. The van der Waals surface area contributed by atoms with Crippen LogP contribution in [0, 0.1) is 10.7 Å². The van der Waals surface area contributed by atoms with Crippen LogP contribution < -0.4 is 10.9 Å². The van der Waals surface area contributed by atoms with Crippen LogP contribution in [-0.2, 0) is 6.54 Å². The van der Waals surface area contributed by atoms with E-state index in [4.69, 9.17) is 12.2 Å². The maximum atomic E-state index is 13.2. The van der Waals surface area contributed by atoms with Crippen molar-refractivity contribution < 1.29 is 13.2 Å². The number of hydrogen-bond donors (Lipinski definition) is 3. The van der Waals surface area contributed by atoms with Gasteiger partial charge in [-0.25, -0.2) is 0 Å². The molecule has 3 aromatic heterocycles. The van der Waals surface area contributed by atoms with Crippen LogP contribution in [0.2, 0.25) is 0 Å². The molecule has 0 bridgehead atoms. The average molecular weight is 409 g/mol. The zero-order chi connectivity index (χ0) is 19.9. The summed E-state index contributed by atoms with van der Waals surface area (Å²) < 4.78 is 41.6. The van der Waals surface area contributed by atoms with Crippen molar-refractivity contribution in [3.05, 3.63) is 57.0 Å². The lowest BCUT2D eigenvalue weighted by Crippen LogP contribution is -2.38. The summed E-state index contributed by atoms with van der Waals surface area (Å²) in [4.78, 5) is 21.9. The topological polar surface area (TPSA) is 78.5 Å². The number of piperidine rings is 1. The predicted octanol–water partition coefficient (Wildman–Crippen LogP) is 3.43. The molecule has 2 atom stereocenters. The van der Waals surface area contributed by atoms with Gasteiger partial charge in [0.25, 0.3) is 5.56 Å². The number of halogens is 3. The standard InChI is InChI=1S/C18H18F3N5OS/c19-18(20,21)11-3-6-22-12(8-11)14-10(2-1-5-23-14)9-26-13-4-7-24-15(13)16(27)25-17(26)28/h1-2,4-5,7,11-12,22,24H,3,6,8-9H2,(H,25,27,28)/t11-,12-/m1/s1. The van der Waals surface area contributed by atoms with Gasteiger partial charge in [-0.3, -0.25) is 14.8 Å². The van der Waals surface area contributed by atoms with Gasteiger partial charge in [-0.05, 0) is 49.3 Å². The molecule has 4 rings (SSSR count). The highest BCUT2D eigenvalue weighted by Crippen LogP contribution is 2.38. The highest BCUT2D eigenvalue weighted by molar-refractivity contribution is 7.71. The molecule has 0 aromatic carbocycles. The monoisotopic (exact) mass is 409 g/mol. The molecule has 0 saturated carbocycles. The Kier molecular flexibility index (Phi) is 4.84. The van der Waals surface area contributed by atoms with Crippen molar-refractivity contribution in [1.29, 1.82) is 0 Å². The van der Waals surface area contributed by atoms with Crippen molar-refractivity contribution in [3.63, 3.8) is 0 Å². The molecule has 6 nitrogen and oxygen atoms in total. The van der Waals surface area contributed by atoms with Crippen molar-refractivity contribution >= 4 is 23.3 Å². The zero-order valence-corrected chi connectivity index (χ0v) is 15.5. The van der Waals surface area contributed by atoms with E-state index >= 15 is 0 Å². The van der Waals surface area contributed by atoms with Gasteiger partial charge in [0.15, 0.2) is 4.77 Å². The smallest absolute Gasteiger partial charge is 0.355 e. The Morgan fingerprint density at radius 3 is 2.93 bits per heavy atom. The Morgan fingerprint density at radius 1 is 1.32 bits per heavy atom. The predicted molar refractivity (Wildman–Crippen MR) is 101 cm³/mol. The number of nitrogens with zero attached hydrogens (tertiary/aromatic N) is 2. The summed E-state index contributed by atoms with van der Waals surface area (Å²) in [7, 11) is 0. The van der Waals surface area contributed by atoms with E-state index in [-0.39, 0.29) is 29.7 Å². The second-order valence-corrected chi connectivity index (χ2v) is 7.29. The van der Waals surface area contributed by atoms with Crippen LogP contribution in [0.3, 0.4) is 0 Å². The Bertz CT molecular complexity index is 1120. The Labute approximate surface area is 162 Å². The number of H-pyrrole nitrogens is 2. The van der Waals surface area contributed by atoms with Crippen molar-refractivity contribution in [2.24, 2.45) is 5.92 Å². The van der Waals surface area contributed by atoms with E-state index in [1.807, 2.05) is 6.07 Å². The third kappa shape index (κ3) is 3.49. The third-order valence-corrected chi connectivity index (χ3v) is 5.48. The SMILES string of the molecule is O=c1[nH]c(=S)n(Cc2cccnc2[C@H]2C[C@H](C(F)(F)F)CCN2)c2cc[nH]c12. The largest absolute Gasteiger partial charge is 0.391 e. The molecule has 0 aliphatic carbocycles. The maximum absolute atomic E-state index is 13.2. The Balaban J connectivity index is 1.71. The summed E-state index contributed by atoms with van der Waals surface area (Å²) in [5.41, 5.74) is 2.05. The first-order chi connectivity index (χ1) is 13.3. The fourth-order valence-corrected chi connectivity index (χ4v) is 4.01. The minimum Gasteiger partial charge on any atom is -0.355 e. The van der Waals surface area contributed by atoms with Crippen molar-refractivity contribution in [3.8, 4) is 0 Å². The maximum Gasteiger partial charge on any atom is 0.391 e. The first-order valence-electron chi connectivity index (χ1n) is 8.88. The van der Waals surface area contributed by atoms with Crippen molar-refractivity contribution in [2.75, 3.05) is 6.54 Å². The van der Waals surface area contributed by atoms with Gasteiger partial charge in [-0.15, -0.1) is 0 Å². The second-order valence-electron chi connectivity index (χ2n) is 6.90. The molecule has 0 spiro atoms. The molecule has 1 aliphatic rings. The van der Waals surface area contributed by atoms with Gasteiger partial charge in [0.05, 0.1) is 29.7 Å². The number of aromatic nitrogens is 4. The highest BCUT2D eigenvalue weighted by Gasteiger charge is 2.42. The van der Waals surface area contributed by atoms with Crippen LogP contribution in [0.1, 0.15) is 30.1 Å². The minimum atomic E-state index is -4.21. The number of nitrogens with one attached hydrogen (secondary N) is 3. The number of alkyl halides is 3. The fourth-order valence-electron chi connectivity index (χ4n) is 3.75. The summed E-state index contributed by atoms with van der Waals surface area (Å²) in [5, 5.41) is 3.16. The van der Waals surface area contributed by atoms with Crippen LogP contribution in [0.25, 0.3) is 11.0 Å². The van der Waals surface area contributed by atoms with Gasteiger partial charge in [0.1, 0.15) is 5.52 Å².